The van der Waals surface area contributed by atoms with E-state index in [-0.39, 0.29) is 17.7 Å². The van der Waals surface area contributed by atoms with Crippen molar-refractivity contribution in [2.45, 2.75) is 32.7 Å². The lowest BCUT2D eigenvalue weighted by molar-refractivity contribution is 0.0690. The Morgan fingerprint density at radius 2 is 2.18 bits per heavy atom. The van der Waals surface area contributed by atoms with Crippen molar-refractivity contribution in [3.63, 3.8) is 0 Å². The zero-order valence-corrected chi connectivity index (χ0v) is 13.0. The number of rotatable bonds is 3. The van der Waals surface area contributed by atoms with Crippen LogP contribution in [0, 0.1) is 13.8 Å². The van der Waals surface area contributed by atoms with Crippen LogP contribution in [0.5, 0.6) is 0 Å². The molecule has 1 aliphatic rings. The van der Waals surface area contributed by atoms with E-state index in [1.165, 1.54) is 0 Å². The van der Waals surface area contributed by atoms with Gasteiger partial charge < -0.3 is 14.7 Å². The normalized spacial score (nSPS) is 17.8. The molecule has 3 rings (SSSR count). The second-order valence-corrected chi connectivity index (χ2v) is 5.46. The Morgan fingerprint density at radius 1 is 1.36 bits per heavy atom. The van der Waals surface area contributed by atoms with Crippen molar-refractivity contribution in [2.75, 3.05) is 18.9 Å². The van der Waals surface area contributed by atoms with Gasteiger partial charge in [0.1, 0.15) is 11.6 Å². The number of aryl methyl sites for hydroxylation is 2. The van der Waals surface area contributed by atoms with Gasteiger partial charge in [0.25, 0.3) is 5.91 Å². The van der Waals surface area contributed by atoms with Crippen LogP contribution in [0.25, 0.3) is 0 Å². The molecule has 1 N–H and O–H groups in total. The molecule has 22 heavy (non-hydrogen) atoms. The molecule has 7 nitrogen and oxygen atoms in total. The van der Waals surface area contributed by atoms with Crippen molar-refractivity contribution >= 4 is 11.7 Å². The van der Waals surface area contributed by atoms with E-state index < -0.39 is 0 Å². The molecule has 2 aromatic rings. The maximum Gasteiger partial charge on any atom is 0.293 e. The van der Waals surface area contributed by atoms with Crippen molar-refractivity contribution in [1.82, 2.24) is 20.0 Å². The molecule has 3 heterocycles. The number of likely N-dealkylation sites (tertiary alicyclic amines) is 1. The molecule has 1 fully saturated rings. The van der Waals surface area contributed by atoms with Gasteiger partial charge in [0.15, 0.2) is 0 Å². The van der Waals surface area contributed by atoms with E-state index >= 15 is 0 Å². The third-order valence-corrected chi connectivity index (χ3v) is 3.81. The van der Waals surface area contributed by atoms with E-state index in [4.69, 9.17) is 4.52 Å². The highest BCUT2D eigenvalue weighted by molar-refractivity contribution is 5.92. The summed E-state index contributed by atoms with van der Waals surface area (Å²) in [5.74, 6) is 1.60. The SMILES string of the molecule is CNc1cc([C@@H]2CCCN2C(=O)c2cc(C)no2)nc(C)n1. The molecule has 0 radical (unpaired) electrons. The van der Waals surface area contributed by atoms with Gasteiger partial charge in [-0.3, -0.25) is 4.79 Å². The zero-order chi connectivity index (χ0) is 15.7. The summed E-state index contributed by atoms with van der Waals surface area (Å²) < 4.78 is 5.11. The van der Waals surface area contributed by atoms with Gasteiger partial charge in [0.05, 0.1) is 17.4 Å². The average molecular weight is 301 g/mol. The van der Waals surface area contributed by atoms with Crippen molar-refractivity contribution in [3.8, 4) is 0 Å². The summed E-state index contributed by atoms with van der Waals surface area (Å²) in [5.41, 5.74) is 1.56. The van der Waals surface area contributed by atoms with E-state index in [0.29, 0.717) is 18.1 Å². The van der Waals surface area contributed by atoms with Crippen LogP contribution in [-0.4, -0.2) is 39.5 Å². The molecule has 0 spiro atoms. The first-order valence-corrected chi connectivity index (χ1v) is 7.36. The monoisotopic (exact) mass is 301 g/mol. The number of anilines is 1. The standard InChI is InChI=1S/C15H19N5O2/c1-9-7-13(22-19-9)15(21)20-6-4-5-12(20)11-8-14(16-3)18-10(2)17-11/h7-8,12H,4-6H2,1-3H3,(H,16,17,18)/t12-/m0/s1. The predicted octanol–water partition coefficient (Wildman–Crippen LogP) is 2.10. The molecule has 0 aromatic carbocycles. The second kappa shape index (κ2) is 5.75. The number of amides is 1. The Hall–Kier alpha value is -2.44. The van der Waals surface area contributed by atoms with Gasteiger partial charge in [-0.25, -0.2) is 9.97 Å². The van der Waals surface area contributed by atoms with E-state index in [1.54, 1.807) is 17.9 Å². The van der Waals surface area contributed by atoms with Gasteiger partial charge in [-0.15, -0.1) is 0 Å². The van der Waals surface area contributed by atoms with Crippen LogP contribution in [0.1, 0.15) is 46.7 Å². The Bertz CT molecular complexity index is 697. The third kappa shape index (κ3) is 2.66. The maximum absolute atomic E-state index is 12.6. The molecule has 2 aromatic heterocycles. The summed E-state index contributed by atoms with van der Waals surface area (Å²) in [6.45, 7) is 4.35. The van der Waals surface area contributed by atoms with Crippen LogP contribution in [0.2, 0.25) is 0 Å². The van der Waals surface area contributed by atoms with E-state index in [9.17, 15) is 4.79 Å². The minimum atomic E-state index is -0.134. The first-order valence-electron chi connectivity index (χ1n) is 7.36. The minimum Gasteiger partial charge on any atom is -0.373 e. The molecule has 1 aliphatic heterocycles. The average Bonchev–Trinajstić information content (AvgIpc) is 3.14. The fraction of sp³-hybridized carbons (Fsp3) is 0.467. The van der Waals surface area contributed by atoms with Crippen molar-refractivity contribution in [1.29, 1.82) is 0 Å². The van der Waals surface area contributed by atoms with Crippen molar-refractivity contribution in [3.05, 3.63) is 35.1 Å². The lowest BCUT2D eigenvalue weighted by Gasteiger charge is -2.23. The summed E-state index contributed by atoms with van der Waals surface area (Å²) in [6.07, 6.45) is 1.83. The lowest BCUT2D eigenvalue weighted by atomic mass is 10.1. The molecule has 0 aliphatic carbocycles. The highest BCUT2D eigenvalue weighted by atomic mass is 16.5. The highest BCUT2D eigenvalue weighted by Crippen LogP contribution is 2.33. The molecular formula is C15H19N5O2. The van der Waals surface area contributed by atoms with Crippen LogP contribution in [-0.2, 0) is 0 Å². The zero-order valence-electron chi connectivity index (χ0n) is 13.0. The number of aromatic nitrogens is 3. The molecule has 7 heteroatoms. The van der Waals surface area contributed by atoms with E-state index in [1.807, 2.05) is 20.0 Å². The number of nitrogens with zero attached hydrogens (tertiary/aromatic N) is 4. The maximum atomic E-state index is 12.6. The Morgan fingerprint density at radius 3 is 2.86 bits per heavy atom. The predicted molar refractivity (Wildman–Crippen MR) is 80.6 cm³/mol. The topological polar surface area (TPSA) is 84.2 Å². The van der Waals surface area contributed by atoms with E-state index in [2.05, 4.69) is 20.4 Å². The molecule has 1 saturated heterocycles. The fourth-order valence-electron chi connectivity index (χ4n) is 2.81. The number of nitrogens with one attached hydrogen (secondary N) is 1. The summed E-state index contributed by atoms with van der Waals surface area (Å²) in [4.78, 5) is 23.2. The van der Waals surface area contributed by atoms with Crippen molar-refractivity contribution in [2.24, 2.45) is 0 Å². The van der Waals surface area contributed by atoms with Crippen LogP contribution in [0.3, 0.4) is 0 Å². The lowest BCUT2D eigenvalue weighted by Crippen LogP contribution is -2.31. The minimum absolute atomic E-state index is 0.0493. The van der Waals surface area contributed by atoms with Gasteiger partial charge in [-0.05, 0) is 26.7 Å². The Balaban J connectivity index is 1.90. The molecule has 0 saturated carbocycles. The number of carbonyl (C=O) groups excluding carboxylic acids is 1. The quantitative estimate of drug-likeness (QED) is 0.934. The highest BCUT2D eigenvalue weighted by Gasteiger charge is 2.33. The molecule has 0 unspecified atom stereocenters. The van der Waals surface area contributed by atoms with Crippen LogP contribution >= 0.6 is 0 Å². The molecule has 1 atom stereocenters. The Labute approximate surface area is 128 Å². The van der Waals surface area contributed by atoms with Gasteiger partial charge in [0, 0.05) is 25.7 Å². The van der Waals surface area contributed by atoms with Gasteiger partial charge in [-0.1, -0.05) is 5.16 Å². The number of hydrogen-bond acceptors (Lipinski definition) is 6. The largest absolute Gasteiger partial charge is 0.373 e. The Kier molecular flexibility index (Phi) is 3.79. The molecular weight excluding hydrogens is 282 g/mol. The van der Waals surface area contributed by atoms with E-state index in [0.717, 1.165) is 24.4 Å². The van der Waals surface area contributed by atoms with Crippen molar-refractivity contribution < 1.29 is 9.32 Å². The van der Waals surface area contributed by atoms with Gasteiger partial charge in [-0.2, -0.15) is 0 Å². The van der Waals surface area contributed by atoms with Crippen LogP contribution < -0.4 is 5.32 Å². The number of hydrogen-bond donors (Lipinski definition) is 1. The second-order valence-electron chi connectivity index (χ2n) is 5.46. The first-order chi connectivity index (χ1) is 10.6. The summed E-state index contributed by atoms with van der Waals surface area (Å²) in [6, 6.07) is 3.52. The summed E-state index contributed by atoms with van der Waals surface area (Å²) in [5, 5.41) is 6.82. The van der Waals surface area contributed by atoms with Gasteiger partial charge >= 0.3 is 0 Å². The molecule has 116 valence electrons. The third-order valence-electron chi connectivity index (χ3n) is 3.81. The smallest absolute Gasteiger partial charge is 0.293 e. The number of carbonyl (C=O) groups is 1. The molecule has 1 amide bonds. The first kappa shape index (κ1) is 14.5. The van der Waals surface area contributed by atoms with Gasteiger partial charge in [0.2, 0.25) is 5.76 Å². The van der Waals surface area contributed by atoms with Crippen LogP contribution in [0.15, 0.2) is 16.7 Å². The summed E-state index contributed by atoms with van der Waals surface area (Å²) >= 11 is 0. The summed E-state index contributed by atoms with van der Waals surface area (Å²) in [7, 11) is 1.82. The van der Waals surface area contributed by atoms with Crippen LogP contribution in [0.4, 0.5) is 5.82 Å². The fourth-order valence-corrected chi connectivity index (χ4v) is 2.81. The molecule has 0 bridgehead atoms.